The molecule has 0 aromatic rings. The summed E-state index contributed by atoms with van der Waals surface area (Å²) in [7, 11) is 0. The Kier molecular flexibility index (Phi) is 7.13. The number of carbonyl (C=O) groups excluding carboxylic acids is 1. The minimum atomic E-state index is -0.436. The van der Waals surface area contributed by atoms with Gasteiger partial charge in [0.1, 0.15) is 5.60 Å². The summed E-state index contributed by atoms with van der Waals surface area (Å²) in [6.07, 6.45) is 3.54. The summed E-state index contributed by atoms with van der Waals surface area (Å²) in [5.41, 5.74) is 5.03. The van der Waals surface area contributed by atoms with Crippen LogP contribution in [0.5, 0.6) is 0 Å². The summed E-state index contributed by atoms with van der Waals surface area (Å²) in [5.74, 6) is 0. The van der Waals surface area contributed by atoms with Crippen LogP contribution in [0.1, 0.15) is 53.4 Å². The second-order valence-corrected chi connectivity index (χ2v) is 5.06. The summed E-state index contributed by atoms with van der Waals surface area (Å²) in [4.78, 5) is 11.5. The van der Waals surface area contributed by atoms with Crippen LogP contribution in [-0.4, -0.2) is 24.3 Å². The molecule has 0 aliphatic heterocycles. The van der Waals surface area contributed by atoms with Gasteiger partial charge in [-0.3, -0.25) is 0 Å². The highest BCUT2D eigenvalue weighted by Crippen LogP contribution is 2.09. The topological polar surface area (TPSA) is 64.3 Å². The lowest BCUT2D eigenvalue weighted by Gasteiger charge is -2.23. The molecule has 0 saturated carbocycles. The number of ether oxygens (including phenoxy) is 1. The van der Waals surface area contributed by atoms with E-state index in [0.717, 1.165) is 25.7 Å². The minimum Gasteiger partial charge on any atom is -0.444 e. The van der Waals surface area contributed by atoms with E-state index in [0.29, 0.717) is 6.54 Å². The highest BCUT2D eigenvalue weighted by molar-refractivity contribution is 5.68. The van der Waals surface area contributed by atoms with E-state index in [-0.39, 0.29) is 12.1 Å². The summed E-state index contributed by atoms with van der Waals surface area (Å²) in [5, 5.41) is 2.89. The third-order valence-corrected chi connectivity index (χ3v) is 2.11. The van der Waals surface area contributed by atoms with Crippen LogP contribution in [0.15, 0.2) is 0 Å². The number of nitrogens with two attached hydrogens (primary N) is 1. The van der Waals surface area contributed by atoms with Gasteiger partial charge in [-0.1, -0.05) is 13.3 Å². The van der Waals surface area contributed by atoms with Crippen LogP contribution < -0.4 is 11.1 Å². The molecule has 1 atom stereocenters. The molecule has 96 valence electrons. The van der Waals surface area contributed by atoms with Gasteiger partial charge < -0.3 is 15.8 Å². The van der Waals surface area contributed by atoms with E-state index in [1.54, 1.807) is 0 Å². The van der Waals surface area contributed by atoms with Gasteiger partial charge in [0, 0.05) is 6.04 Å². The monoisotopic (exact) mass is 230 g/mol. The highest BCUT2D eigenvalue weighted by atomic mass is 16.6. The van der Waals surface area contributed by atoms with Crippen molar-refractivity contribution in [2.24, 2.45) is 5.73 Å². The largest absolute Gasteiger partial charge is 0.444 e. The molecule has 0 radical (unpaired) electrons. The molecule has 0 aromatic carbocycles. The van der Waals surface area contributed by atoms with Gasteiger partial charge in [-0.15, -0.1) is 0 Å². The fourth-order valence-corrected chi connectivity index (χ4v) is 1.48. The zero-order valence-corrected chi connectivity index (χ0v) is 11.0. The Balaban J connectivity index is 4.02. The average Bonchev–Trinajstić information content (AvgIpc) is 2.11. The molecule has 4 heteroatoms. The van der Waals surface area contributed by atoms with Gasteiger partial charge in [0.15, 0.2) is 0 Å². The Morgan fingerprint density at radius 2 is 2.00 bits per heavy atom. The van der Waals surface area contributed by atoms with Crippen LogP contribution in [0, 0.1) is 0 Å². The normalized spacial score (nSPS) is 13.3. The zero-order chi connectivity index (χ0) is 12.6. The molecule has 1 amide bonds. The maximum Gasteiger partial charge on any atom is 0.407 e. The first kappa shape index (κ1) is 15.2. The maximum atomic E-state index is 11.5. The van der Waals surface area contributed by atoms with Gasteiger partial charge in [0.25, 0.3) is 0 Å². The second-order valence-electron chi connectivity index (χ2n) is 5.06. The van der Waals surface area contributed by atoms with E-state index in [4.69, 9.17) is 10.5 Å². The Morgan fingerprint density at radius 3 is 2.44 bits per heavy atom. The van der Waals surface area contributed by atoms with Crippen molar-refractivity contribution in [2.45, 2.75) is 65.0 Å². The molecule has 0 spiro atoms. The lowest BCUT2D eigenvalue weighted by Crippen LogP contribution is -2.39. The molecular formula is C12H26N2O2. The number of amides is 1. The molecule has 0 fully saturated rings. The number of hydrogen-bond donors (Lipinski definition) is 2. The van der Waals surface area contributed by atoms with E-state index < -0.39 is 5.60 Å². The third-order valence-electron chi connectivity index (χ3n) is 2.11. The highest BCUT2D eigenvalue weighted by Gasteiger charge is 2.18. The van der Waals surface area contributed by atoms with Gasteiger partial charge in [-0.25, -0.2) is 4.79 Å². The Hall–Kier alpha value is -0.770. The van der Waals surface area contributed by atoms with Crippen LogP contribution in [-0.2, 0) is 4.74 Å². The first-order valence-electron chi connectivity index (χ1n) is 6.08. The predicted octanol–water partition coefficient (Wildman–Crippen LogP) is 2.42. The van der Waals surface area contributed by atoms with E-state index in [1.165, 1.54) is 0 Å². The summed E-state index contributed by atoms with van der Waals surface area (Å²) in [6, 6.07) is 0.184. The van der Waals surface area contributed by atoms with Crippen molar-refractivity contribution in [1.29, 1.82) is 0 Å². The first-order chi connectivity index (χ1) is 7.39. The number of hydrogen-bond acceptors (Lipinski definition) is 3. The van der Waals surface area contributed by atoms with E-state index in [1.807, 2.05) is 20.8 Å². The van der Waals surface area contributed by atoms with Crippen molar-refractivity contribution >= 4 is 6.09 Å². The van der Waals surface area contributed by atoms with Crippen molar-refractivity contribution < 1.29 is 9.53 Å². The number of rotatable bonds is 6. The standard InChI is InChI=1S/C12H26N2O2/c1-5-7-10(8-6-9-13)14-11(15)16-12(2,3)4/h10H,5-9,13H2,1-4H3,(H,14,15). The maximum absolute atomic E-state index is 11.5. The van der Waals surface area contributed by atoms with Gasteiger partial charge in [-0.05, 0) is 46.6 Å². The number of nitrogens with one attached hydrogen (secondary N) is 1. The Labute approximate surface area is 98.9 Å². The number of carbonyl (C=O) groups is 1. The molecule has 0 aliphatic carbocycles. The van der Waals surface area contributed by atoms with Crippen LogP contribution in [0.4, 0.5) is 4.79 Å². The molecule has 0 aromatic heterocycles. The zero-order valence-electron chi connectivity index (χ0n) is 11.0. The second kappa shape index (κ2) is 7.49. The lowest BCUT2D eigenvalue weighted by molar-refractivity contribution is 0.0498. The Morgan fingerprint density at radius 1 is 1.38 bits per heavy atom. The van der Waals surface area contributed by atoms with Crippen LogP contribution in [0.25, 0.3) is 0 Å². The van der Waals surface area contributed by atoms with Crippen molar-refractivity contribution in [1.82, 2.24) is 5.32 Å². The third kappa shape index (κ3) is 8.53. The van der Waals surface area contributed by atoms with Gasteiger partial charge in [0.2, 0.25) is 0 Å². The average molecular weight is 230 g/mol. The molecule has 0 rings (SSSR count). The quantitative estimate of drug-likeness (QED) is 0.736. The van der Waals surface area contributed by atoms with Crippen molar-refractivity contribution in [2.75, 3.05) is 6.54 Å². The fourth-order valence-electron chi connectivity index (χ4n) is 1.48. The Bertz CT molecular complexity index is 200. The van der Waals surface area contributed by atoms with Gasteiger partial charge >= 0.3 is 6.09 Å². The SMILES string of the molecule is CCCC(CCCN)NC(=O)OC(C)(C)C. The minimum absolute atomic E-state index is 0.184. The lowest BCUT2D eigenvalue weighted by atomic mass is 10.1. The van der Waals surface area contributed by atoms with Crippen molar-refractivity contribution in [3.8, 4) is 0 Å². The van der Waals surface area contributed by atoms with E-state index in [2.05, 4.69) is 12.2 Å². The fraction of sp³-hybridized carbons (Fsp3) is 0.917. The molecule has 0 saturated heterocycles. The molecule has 1 unspecified atom stereocenters. The molecular weight excluding hydrogens is 204 g/mol. The van der Waals surface area contributed by atoms with Crippen LogP contribution in [0.2, 0.25) is 0 Å². The van der Waals surface area contributed by atoms with Crippen LogP contribution >= 0.6 is 0 Å². The molecule has 4 nitrogen and oxygen atoms in total. The first-order valence-corrected chi connectivity index (χ1v) is 6.08. The summed E-state index contributed by atoms with van der Waals surface area (Å²) >= 11 is 0. The predicted molar refractivity (Wildman–Crippen MR) is 66.4 cm³/mol. The van der Waals surface area contributed by atoms with E-state index >= 15 is 0 Å². The smallest absolute Gasteiger partial charge is 0.407 e. The van der Waals surface area contributed by atoms with Gasteiger partial charge in [0.05, 0.1) is 0 Å². The molecule has 0 aliphatic rings. The van der Waals surface area contributed by atoms with Crippen molar-refractivity contribution in [3.63, 3.8) is 0 Å². The molecule has 3 N–H and O–H groups in total. The molecule has 0 heterocycles. The molecule has 0 bridgehead atoms. The van der Waals surface area contributed by atoms with Gasteiger partial charge in [-0.2, -0.15) is 0 Å². The molecule has 16 heavy (non-hydrogen) atoms. The summed E-state index contributed by atoms with van der Waals surface area (Å²) in [6.45, 7) is 8.35. The van der Waals surface area contributed by atoms with Crippen LogP contribution in [0.3, 0.4) is 0 Å². The van der Waals surface area contributed by atoms with E-state index in [9.17, 15) is 4.79 Å². The number of alkyl carbamates (subject to hydrolysis) is 1. The van der Waals surface area contributed by atoms with Crippen molar-refractivity contribution in [3.05, 3.63) is 0 Å². The summed E-state index contributed by atoms with van der Waals surface area (Å²) < 4.78 is 5.21.